The van der Waals surface area contributed by atoms with Gasteiger partial charge < -0.3 is 0 Å². The van der Waals surface area contributed by atoms with Crippen molar-refractivity contribution in [2.45, 2.75) is 65.8 Å². The van der Waals surface area contributed by atoms with Crippen molar-refractivity contribution in [3.05, 3.63) is 16.4 Å². The number of hydrogen-bond acceptors (Lipinski definition) is 2. The van der Waals surface area contributed by atoms with E-state index in [2.05, 4.69) is 31.9 Å². The maximum Gasteiger partial charge on any atom is 0.0850 e. The molecule has 1 heterocycles. The summed E-state index contributed by atoms with van der Waals surface area (Å²) in [5.74, 6) is 0.745. The molecule has 0 bridgehead atoms. The first-order chi connectivity index (χ1) is 9.55. The van der Waals surface area contributed by atoms with Crippen LogP contribution in [0.4, 0.5) is 0 Å². The van der Waals surface area contributed by atoms with Crippen LogP contribution < -0.4 is 0 Å². The van der Waals surface area contributed by atoms with Crippen molar-refractivity contribution in [3.8, 4) is 6.07 Å². The van der Waals surface area contributed by atoms with Gasteiger partial charge in [0.1, 0.15) is 0 Å². The number of hydrogen-bond donors (Lipinski definition) is 0. The monoisotopic (exact) mass is 293 g/mol. The largest absolute Gasteiger partial charge is 0.268 e. The fraction of sp³-hybridized carbons (Fsp3) is 0.750. The third kappa shape index (κ3) is 2.86. The topological polar surface area (TPSA) is 41.6 Å². The molecule has 0 aliphatic heterocycles. The first-order valence-electron chi connectivity index (χ1n) is 7.70. The average molecular weight is 294 g/mol. The van der Waals surface area contributed by atoms with E-state index in [9.17, 15) is 5.26 Å². The number of rotatable bonds is 4. The highest BCUT2D eigenvalue weighted by atomic mass is 35.5. The van der Waals surface area contributed by atoms with Gasteiger partial charge in [0.25, 0.3) is 0 Å². The quantitative estimate of drug-likeness (QED) is 0.826. The SMILES string of the molecule is CCc1nn(CC)c(CC2(C#N)CCC(C)CC2)c1Cl. The van der Waals surface area contributed by atoms with Crippen LogP contribution in [-0.4, -0.2) is 9.78 Å². The van der Waals surface area contributed by atoms with E-state index < -0.39 is 0 Å². The van der Waals surface area contributed by atoms with Crippen LogP contribution in [0.15, 0.2) is 0 Å². The fourth-order valence-corrected chi connectivity index (χ4v) is 3.49. The molecule has 1 fully saturated rings. The molecule has 4 heteroatoms. The van der Waals surface area contributed by atoms with Gasteiger partial charge in [-0.25, -0.2) is 0 Å². The van der Waals surface area contributed by atoms with E-state index in [4.69, 9.17) is 11.6 Å². The van der Waals surface area contributed by atoms with Gasteiger partial charge in [0.05, 0.1) is 27.9 Å². The van der Waals surface area contributed by atoms with Crippen molar-refractivity contribution in [2.75, 3.05) is 0 Å². The smallest absolute Gasteiger partial charge is 0.0850 e. The Morgan fingerprint density at radius 1 is 1.40 bits per heavy atom. The third-order valence-corrected chi connectivity index (χ3v) is 5.10. The lowest BCUT2D eigenvalue weighted by atomic mass is 9.69. The summed E-state index contributed by atoms with van der Waals surface area (Å²) in [6.07, 6.45) is 5.85. The van der Waals surface area contributed by atoms with Crippen molar-refractivity contribution in [3.63, 3.8) is 0 Å². The Labute approximate surface area is 126 Å². The fourth-order valence-electron chi connectivity index (χ4n) is 3.15. The van der Waals surface area contributed by atoms with Gasteiger partial charge >= 0.3 is 0 Å². The second-order valence-electron chi connectivity index (χ2n) is 6.13. The molecule has 0 atom stereocenters. The molecule has 0 unspecified atom stereocenters. The number of nitriles is 1. The molecule has 0 aromatic carbocycles. The Morgan fingerprint density at radius 2 is 2.05 bits per heavy atom. The number of aryl methyl sites for hydroxylation is 2. The zero-order chi connectivity index (χ0) is 14.8. The van der Waals surface area contributed by atoms with Gasteiger partial charge in [0.2, 0.25) is 0 Å². The summed E-state index contributed by atoms with van der Waals surface area (Å²) in [7, 11) is 0. The van der Waals surface area contributed by atoms with Gasteiger partial charge in [-0.3, -0.25) is 4.68 Å². The summed E-state index contributed by atoms with van der Waals surface area (Å²) in [6.45, 7) is 7.24. The standard InChI is InChI=1S/C16H24ClN3/c1-4-13-15(17)14(20(5-2)19-13)10-16(11-18)8-6-12(3)7-9-16/h12H,4-10H2,1-3H3. The molecular formula is C16H24ClN3. The van der Waals surface area contributed by atoms with Crippen LogP contribution in [0.3, 0.4) is 0 Å². The van der Waals surface area contributed by atoms with Crippen LogP contribution in [0.25, 0.3) is 0 Å². The predicted octanol–water partition coefficient (Wildman–Crippen LogP) is 4.38. The molecule has 110 valence electrons. The van der Waals surface area contributed by atoms with Crippen molar-refractivity contribution in [1.29, 1.82) is 5.26 Å². The van der Waals surface area contributed by atoms with Gasteiger partial charge in [0, 0.05) is 13.0 Å². The van der Waals surface area contributed by atoms with Crippen molar-refractivity contribution in [2.24, 2.45) is 11.3 Å². The molecular weight excluding hydrogens is 270 g/mol. The highest BCUT2D eigenvalue weighted by molar-refractivity contribution is 6.31. The van der Waals surface area contributed by atoms with Crippen LogP contribution in [0.5, 0.6) is 0 Å². The van der Waals surface area contributed by atoms with Gasteiger partial charge in [0.15, 0.2) is 0 Å². The lowest BCUT2D eigenvalue weighted by molar-refractivity contribution is 0.215. The normalized spacial score (nSPS) is 26.4. The van der Waals surface area contributed by atoms with Crippen molar-refractivity contribution >= 4 is 11.6 Å². The minimum Gasteiger partial charge on any atom is -0.268 e. The molecule has 3 nitrogen and oxygen atoms in total. The van der Waals surface area contributed by atoms with Gasteiger partial charge in [-0.1, -0.05) is 25.4 Å². The van der Waals surface area contributed by atoms with E-state index in [1.807, 2.05) is 4.68 Å². The molecule has 1 aromatic rings. The van der Waals surface area contributed by atoms with Crippen LogP contribution in [0.2, 0.25) is 5.02 Å². The van der Waals surface area contributed by atoms with Crippen LogP contribution >= 0.6 is 11.6 Å². The maximum absolute atomic E-state index is 9.68. The molecule has 1 aliphatic carbocycles. The molecule has 1 aliphatic rings. The van der Waals surface area contributed by atoms with Crippen molar-refractivity contribution < 1.29 is 0 Å². The van der Waals surface area contributed by atoms with Crippen LogP contribution in [-0.2, 0) is 19.4 Å². The Kier molecular flexibility index (Phi) is 4.75. The third-order valence-electron chi connectivity index (χ3n) is 4.67. The van der Waals surface area contributed by atoms with E-state index in [-0.39, 0.29) is 5.41 Å². The number of aromatic nitrogens is 2. The molecule has 1 saturated carbocycles. The zero-order valence-corrected chi connectivity index (χ0v) is 13.5. The summed E-state index contributed by atoms with van der Waals surface area (Å²) >= 11 is 6.48. The summed E-state index contributed by atoms with van der Waals surface area (Å²) in [4.78, 5) is 0. The van der Waals surface area contributed by atoms with Crippen LogP contribution in [0.1, 0.15) is 57.8 Å². The molecule has 0 spiro atoms. The lowest BCUT2D eigenvalue weighted by Gasteiger charge is -2.33. The van der Waals surface area contributed by atoms with E-state index in [0.717, 1.165) is 67.4 Å². The van der Waals surface area contributed by atoms with E-state index in [1.165, 1.54) is 0 Å². The molecule has 0 N–H and O–H groups in total. The second-order valence-corrected chi connectivity index (χ2v) is 6.51. The Hall–Kier alpha value is -1.01. The molecule has 0 radical (unpaired) electrons. The number of halogens is 1. The maximum atomic E-state index is 9.68. The van der Waals surface area contributed by atoms with Crippen LogP contribution in [0, 0.1) is 22.7 Å². The van der Waals surface area contributed by atoms with Crippen molar-refractivity contribution in [1.82, 2.24) is 9.78 Å². The summed E-state index contributed by atoms with van der Waals surface area (Å²) < 4.78 is 1.98. The Bertz CT molecular complexity index is 505. The van der Waals surface area contributed by atoms with Gasteiger partial charge in [-0.05, 0) is 44.9 Å². The Morgan fingerprint density at radius 3 is 2.55 bits per heavy atom. The first-order valence-corrected chi connectivity index (χ1v) is 8.08. The lowest BCUT2D eigenvalue weighted by Crippen LogP contribution is -2.28. The second kappa shape index (κ2) is 6.18. The number of nitrogens with zero attached hydrogens (tertiary/aromatic N) is 3. The highest BCUT2D eigenvalue weighted by Crippen LogP contribution is 2.42. The predicted molar refractivity (Wildman–Crippen MR) is 81.7 cm³/mol. The van der Waals surface area contributed by atoms with E-state index in [1.54, 1.807) is 0 Å². The summed E-state index contributed by atoms with van der Waals surface area (Å²) in [5.41, 5.74) is 1.77. The van der Waals surface area contributed by atoms with Gasteiger partial charge in [-0.2, -0.15) is 10.4 Å². The molecule has 1 aromatic heterocycles. The average Bonchev–Trinajstić information content (AvgIpc) is 2.78. The first kappa shape index (κ1) is 15.4. The Balaban J connectivity index is 2.28. The zero-order valence-electron chi connectivity index (χ0n) is 12.7. The van der Waals surface area contributed by atoms with E-state index in [0.29, 0.717) is 0 Å². The molecule has 2 rings (SSSR count). The minimum atomic E-state index is -0.242. The van der Waals surface area contributed by atoms with E-state index >= 15 is 0 Å². The summed E-state index contributed by atoms with van der Waals surface area (Å²) in [6, 6.07) is 2.59. The molecule has 0 saturated heterocycles. The van der Waals surface area contributed by atoms with Gasteiger partial charge in [-0.15, -0.1) is 0 Å². The molecule has 0 amide bonds. The highest BCUT2D eigenvalue weighted by Gasteiger charge is 2.36. The minimum absolute atomic E-state index is 0.242. The molecule has 20 heavy (non-hydrogen) atoms. The summed E-state index contributed by atoms with van der Waals surface area (Å²) in [5, 5.41) is 15.0.